The average Bonchev–Trinajstić information content (AvgIpc) is 2.44. The Bertz CT molecular complexity index is 434. The third-order valence-electron chi connectivity index (χ3n) is 3.23. The molecule has 3 nitrogen and oxygen atoms in total. The summed E-state index contributed by atoms with van der Waals surface area (Å²) in [5.41, 5.74) is 1.00. The van der Waals surface area contributed by atoms with Crippen molar-refractivity contribution in [3.8, 4) is 5.75 Å². The van der Waals surface area contributed by atoms with Gasteiger partial charge in [-0.1, -0.05) is 30.1 Å². The largest absolute Gasteiger partial charge is 0.486 e. The molecule has 0 saturated carbocycles. The first-order valence-corrected chi connectivity index (χ1v) is 7.89. The van der Waals surface area contributed by atoms with Crippen molar-refractivity contribution in [2.45, 2.75) is 38.8 Å². The SMILES string of the molecule is CCCNCc1cc(Cl)cc(Cl)c1OC1CCCOC1. The van der Waals surface area contributed by atoms with E-state index in [1.54, 1.807) is 6.07 Å². The highest BCUT2D eigenvalue weighted by atomic mass is 35.5. The van der Waals surface area contributed by atoms with Crippen molar-refractivity contribution in [3.05, 3.63) is 27.7 Å². The number of halogens is 2. The molecule has 1 unspecified atom stereocenters. The second kappa shape index (κ2) is 8.08. The summed E-state index contributed by atoms with van der Waals surface area (Å²) in [6, 6.07) is 3.64. The fraction of sp³-hybridized carbons (Fsp3) is 0.600. The van der Waals surface area contributed by atoms with Crippen molar-refractivity contribution in [1.29, 1.82) is 0 Å². The molecule has 1 saturated heterocycles. The molecule has 1 aliphatic rings. The van der Waals surface area contributed by atoms with E-state index >= 15 is 0 Å². The van der Waals surface area contributed by atoms with E-state index in [1.807, 2.05) is 6.07 Å². The van der Waals surface area contributed by atoms with E-state index in [0.29, 0.717) is 23.2 Å². The van der Waals surface area contributed by atoms with Gasteiger partial charge >= 0.3 is 0 Å². The summed E-state index contributed by atoms with van der Waals surface area (Å²) >= 11 is 12.4. The number of rotatable bonds is 6. The van der Waals surface area contributed by atoms with Crippen molar-refractivity contribution < 1.29 is 9.47 Å². The zero-order valence-corrected chi connectivity index (χ0v) is 13.3. The first-order chi connectivity index (χ1) is 9.70. The van der Waals surface area contributed by atoms with Gasteiger partial charge in [-0.05, 0) is 37.9 Å². The zero-order chi connectivity index (χ0) is 14.4. The van der Waals surface area contributed by atoms with Crippen molar-refractivity contribution in [3.63, 3.8) is 0 Å². The van der Waals surface area contributed by atoms with Gasteiger partial charge in [0.1, 0.15) is 11.9 Å². The van der Waals surface area contributed by atoms with Crippen LogP contribution in [0.2, 0.25) is 10.0 Å². The van der Waals surface area contributed by atoms with Crippen LogP contribution in [-0.2, 0) is 11.3 Å². The van der Waals surface area contributed by atoms with Gasteiger partial charge in [0.2, 0.25) is 0 Å². The predicted octanol–water partition coefficient (Wildman–Crippen LogP) is 4.05. The minimum Gasteiger partial charge on any atom is -0.486 e. The summed E-state index contributed by atoms with van der Waals surface area (Å²) in [6.45, 7) is 5.24. The number of hydrogen-bond donors (Lipinski definition) is 1. The fourth-order valence-corrected chi connectivity index (χ4v) is 2.83. The van der Waals surface area contributed by atoms with E-state index in [1.165, 1.54) is 0 Å². The molecule has 0 amide bonds. The van der Waals surface area contributed by atoms with Gasteiger partial charge in [0.25, 0.3) is 0 Å². The van der Waals surface area contributed by atoms with Gasteiger partial charge in [-0.2, -0.15) is 0 Å². The highest BCUT2D eigenvalue weighted by Crippen LogP contribution is 2.34. The van der Waals surface area contributed by atoms with E-state index in [-0.39, 0.29) is 6.10 Å². The second-order valence-corrected chi connectivity index (χ2v) is 5.85. The fourth-order valence-electron chi connectivity index (χ4n) is 2.25. The van der Waals surface area contributed by atoms with Crippen molar-refractivity contribution in [1.82, 2.24) is 5.32 Å². The summed E-state index contributed by atoms with van der Waals surface area (Å²) in [4.78, 5) is 0. The van der Waals surface area contributed by atoms with Gasteiger partial charge in [0.05, 0.1) is 11.6 Å². The average molecular weight is 318 g/mol. The summed E-state index contributed by atoms with van der Waals surface area (Å²) < 4.78 is 11.5. The number of benzene rings is 1. The van der Waals surface area contributed by atoms with Crippen LogP contribution in [0.25, 0.3) is 0 Å². The van der Waals surface area contributed by atoms with Crippen LogP contribution in [0, 0.1) is 0 Å². The molecule has 0 spiro atoms. The molecule has 1 fully saturated rings. The Morgan fingerprint density at radius 3 is 2.95 bits per heavy atom. The summed E-state index contributed by atoms with van der Waals surface area (Å²) in [6.07, 6.45) is 3.19. The van der Waals surface area contributed by atoms with Crippen LogP contribution in [0.5, 0.6) is 5.75 Å². The van der Waals surface area contributed by atoms with Gasteiger partial charge < -0.3 is 14.8 Å². The maximum Gasteiger partial charge on any atom is 0.143 e. The molecule has 1 aliphatic heterocycles. The Hall–Kier alpha value is -0.480. The normalized spacial score (nSPS) is 19.1. The lowest BCUT2D eigenvalue weighted by molar-refractivity contribution is 0.00705. The molecule has 0 radical (unpaired) electrons. The molecule has 1 aromatic rings. The van der Waals surface area contributed by atoms with Gasteiger partial charge in [-0.25, -0.2) is 0 Å². The van der Waals surface area contributed by atoms with Crippen LogP contribution in [-0.4, -0.2) is 25.9 Å². The van der Waals surface area contributed by atoms with E-state index in [0.717, 1.165) is 43.7 Å². The number of hydrogen-bond acceptors (Lipinski definition) is 3. The standard InChI is InChI=1S/C15H21Cl2NO2/c1-2-5-18-9-11-7-12(16)8-14(17)15(11)20-13-4-3-6-19-10-13/h7-8,13,18H,2-6,9-10H2,1H3. The van der Waals surface area contributed by atoms with E-state index in [9.17, 15) is 0 Å². The molecule has 2 rings (SSSR count). The molecule has 1 aromatic carbocycles. The van der Waals surface area contributed by atoms with Gasteiger partial charge in [-0.15, -0.1) is 0 Å². The van der Waals surface area contributed by atoms with Gasteiger partial charge in [0, 0.05) is 23.7 Å². The van der Waals surface area contributed by atoms with Crippen LogP contribution in [0.1, 0.15) is 31.7 Å². The van der Waals surface area contributed by atoms with Gasteiger partial charge in [0.15, 0.2) is 0 Å². The van der Waals surface area contributed by atoms with Gasteiger partial charge in [-0.3, -0.25) is 0 Å². The number of ether oxygens (including phenoxy) is 2. The van der Waals surface area contributed by atoms with Crippen LogP contribution < -0.4 is 10.1 Å². The molecule has 1 N–H and O–H groups in total. The lowest BCUT2D eigenvalue weighted by Crippen LogP contribution is -2.28. The Morgan fingerprint density at radius 1 is 1.40 bits per heavy atom. The van der Waals surface area contributed by atoms with Crippen LogP contribution in [0.15, 0.2) is 12.1 Å². The molecule has 112 valence electrons. The summed E-state index contributed by atoms with van der Waals surface area (Å²) in [5, 5.41) is 4.56. The first-order valence-electron chi connectivity index (χ1n) is 7.13. The predicted molar refractivity (Wildman–Crippen MR) is 82.9 cm³/mol. The molecule has 20 heavy (non-hydrogen) atoms. The maximum absolute atomic E-state index is 6.29. The summed E-state index contributed by atoms with van der Waals surface area (Å²) in [5.74, 6) is 0.732. The van der Waals surface area contributed by atoms with E-state index in [2.05, 4.69) is 12.2 Å². The monoisotopic (exact) mass is 317 g/mol. The molecule has 0 aromatic heterocycles. The second-order valence-electron chi connectivity index (χ2n) is 5.01. The molecule has 0 bridgehead atoms. The smallest absolute Gasteiger partial charge is 0.143 e. The Balaban J connectivity index is 2.11. The van der Waals surface area contributed by atoms with E-state index in [4.69, 9.17) is 32.7 Å². The quantitative estimate of drug-likeness (QED) is 0.803. The van der Waals surface area contributed by atoms with Crippen LogP contribution in [0.4, 0.5) is 0 Å². The Labute approximate surface area is 130 Å². The Morgan fingerprint density at radius 2 is 2.25 bits per heavy atom. The molecule has 0 aliphatic carbocycles. The maximum atomic E-state index is 6.29. The highest BCUT2D eigenvalue weighted by molar-refractivity contribution is 6.35. The molecular formula is C15H21Cl2NO2. The lowest BCUT2D eigenvalue weighted by Gasteiger charge is -2.25. The third-order valence-corrected chi connectivity index (χ3v) is 3.73. The highest BCUT2D eigenvalue weighted by Gasteiger charge is 2.19. The van der Waals surface area contributed by atoms with Crippen LogP contribution in [0.3, 0.4) is 0 Å². The summed E-state index contributed by atoms with van der Waals surface area (Å²) in [7, 11) is 0. The minimum absolute atomic E-state index is 0.0763. The number of nitrogens with one attached hydrogen (secondary N) is 1. The third kappa shape index (κ3) is 4.52. The van der Waals surface area contributed by atoms with Crippen molar-refractivity contribution >= 4 is 23.2 Å². The van der Waals surface area contributed by atoms with Crippen LogP contribution >= 0.6 is 23.2 Å². The van der Waals surface area contributed by atoms with Crippen molar-refractivity contribution in [2.24, 2.45) is 0 Å². The molecule has 1 atom stereocenters. The van der Waals surface area contributed by atoms with E-state index < -0.39 is 0 Å². The minimum atomic E-state index is 0.0763. The first kappa shape index (κ1) is 15.9. The molecular weight excluding hydrogens is 297 g/mol. The zero-order valence-electron chi connectivity index (χ0n) is 11.8. The molecule has 5 heteroatoms. The topological polar surface area (TPSA) is 30.5 Å². The molecule has 1 heterocycles. The Kier molecular flexibility index (Phi) is 6.43. The van der Waals surface area contributed by atoms with Crippen molar-refractivity contribution in [2.75, 3.05) is 19.8 Å². The lowest BCUT2D eigenvalue weighted by atomic mass is 10.1.